The van der Waals surface area contributed by atoms with E-state index in [9.17, 15) is 9.59 Å². The number of rotatable bonds is 3. The summed E-state index contributed by atoms with van der Waals surface area (Å²) in [4.78, 5) is 22.9. The monoisotopic (exact) mass is 258 g/mol. The lowest BCUT2D eigenvalue weighted by molar-refractivity contribution is -0.114. The molecule has 0 atom stereocenters. The number of amides is 1. The first kappa shape index (κ1) is 13.0. The van der Waals surface area contributed by atoms with Crippen LogP contribution in [0, 0.1) is 0 Å². The van der Waals surface area contributed by atoms with E-state index in [2.05, 4.69) is 5.10 Å². The van der Waals surface area contributed by atoms with Crippen LogP contribution in [0.5, 0.6) is 0 Å². The molecule has 5 nitrogen and oxygen atoms in total. The first-order chi connectivity index (χ1) is 9.04. The van der Waals surface area contributed by atoms with Crippen molar-refractivity contribution >= 4 is 23.3 Å². The van der Waals surface area contributed by atoms with Crippen molar-refractivity contribution in [3.8, 4) is 0 Å². The standard InChI is InChI=1S/C14H14N2O3/c1-3-4-12-9(2)15-16(13(12)17)11-7-5-10(6-8-11)14(18)19/h4-8H,3H2,1-2H3,(H,18,19)/b12-4+. The maximum absolute atomic E-state index is 12.2. The van der Waals surface area contributed by atoms with Crippen molar-refractivity contribution < 1.29 is 14.7 Å². The Morgan fingerprint density at radius 3 is 2.53 bits per heavy atom. The molecule has 0 fully saturated rings. The molecule has 1 heterocycles. The van der Waals surface area contributed by atoms with E-state index in [4.69, 9.17) is 5.11 Å². The zero-order valence-electron chi connectivity index (χ0n) is 10.8. The minimum atomic E-state index is -0.995. The fourth-order valence-corrected chi connectivity index (χ4v) is 1.88. The van der Waals surface area contributed by atoms with Crippen LogP contribution in [-0.4, -0.2) is 22.7 Å². The molecule has 0 unspecified atom stereocenters. The molecule has 1 aliphatic rings. The SMILES string of the molecule is CC/C=C1/C(=O)N(c2ccc(C(=O)O)cc2)N=C1C. The largest absolute Gasteiger partial charge is 0.478 e. The fraction of sp³-hybridized carbons (Fsp3) is 0.214. The lowest BCUT2D eigenvalue weighted by atomic mass is 10.1. The smallest absolute Gasteiger partial charge is 0.335 e. The molecule has 0 radical (unpaired) electrons. The third kappa shape index (κ3) is 2.40. The van der Waals surface area contributed by atoms with Crippen molar-refractivity contribution in [3.63, 3.8) is 0 Å². The second-order valence-corrected chi connectivity index (χ2v) is 4.18. The lowest BCUT2D eigenvalue weighted by Gasteiger charge is -2.11. The topological polar surface area (TPSA) is 70.0 Å². The van der Waals surface area contributed by atoms with Gasteiger partial charge in [0.2, 0.25) is 0 Å². The predicted molar refractivity (Wildman–Crippen MR) is 72.4 cm³/mol. The van der Waals surface area contributed by atoms with Crippen LogP contribution in [0.15, 0.2) is 41.0 Å². The van der Waals surface area contributed by atoms with Crippen molar-refractivity contribution in [2.24, 2.45) is 5.10 Å². The number of hydrogen-bond acceptors (Lipinski definition) is 3. The average Bonchev–Trinajstić information content (AvgIpc) is 2.67. The number of carboxylic acid groups (broad SMARTS) is 1. The van der Waals surface area contributed by atoms with E-state index in [0.717, 1.165) is 6.42 Å². The molecule has 98 valence electrons. The van der Waals surface area contributed by atoms with Crippen LogP contribution >= 0.6 is 0 Å². The van der Waals surface area contributed by atoms with Gasteiger partial charge in [0.15, 0.2) is 0 Å². The Bertz CT molecular complexity index is 585. The molecular weight excluding hydrogens is 244 g/mol. The van der Waals surface area contributed by atoms with Crippen molar-refractivity contribution in [3.05, 3.63) is 41.5 Å². The van der Waals surface area contributed by atoms with Gasteiger partial charge in [-0.3, -0.25) is 4.79 Å². The molecule has 1 aliphatic heterocycles. The second kappa shape index (κ2) is 5.06. The van der Waals surface area contributed by atoms with E-state index in [1.807, 2.05) is 13.0 Å². The second-order valence-electron chi connectivity index (χ2n) is 4.18. The van der Waals surface area contributed by atoms with Crippen LogP contribution < -0.4 is 5.01 Å². The maximum atomic E-state index is 12.2. The highest BCUT2D eigenvalue weighted by Gasteiger charge is 2.28. The summed E-state index contributed by atoms with van der Waals surface area (Å²) >= 11 is 0. The summed E-state index contributed by atoms with van der Waals surface area (Å²) in [7, 11) is 0. The molecule has 1 aromatic rings. The van der Waals surface area contributed by atoms with Crippen molar-refractivity contribution in [1.29, 1.82) is 0 Å². The number of hydrazone groups is 1. The van der Waals surface area contributed by atoms with E-state index >= 15 is 0 Å². The van der Waals surface area contributed by atoms with Gasteiger partial charge in [0.1, 0.15) is 0 Å². The van der Waals surface area contributed by atoms with E-state index < -0.39 is 5.97 Å². The number of benzene rings is 1. The molecule has 5 heteroatoms. The number of carbonyl (C=O) groups is 2. The molecule has 19 heavy (non-hydrogen) atoms. The van der Waals surface area contributed by atoms with Gasteiger partial charge in [0, 0.05) is 0 Å². The van der Waals surface area contributed by atoms with Gasteiger partial charge in [-0.15, -0.1) is 0 Å². The first-order valence-corrected chi connectivity index (χ1v) is 5.98. The highest BCUT2D eigenvalue weighted by atomic mass is 16.4. The number of hydrogen-bond donors (Lipinski definition) is 1. The Morgan fingerprint density at radius 2 is 2.00 bits per heavy atom. The molecule has 0 saturated heterocycles. The summed E-state index contributed by atoms with van der Waals surface area (Å²) in [6, 6.07) is 6.06. The zero-order valence-corrected chi connectivity index (χ0v) is 10.8. The predicted octanol–water partition coefficient (Wildman–Crippen LogP) is 2.44. The van der Waals surface area contributed by atoms with Gasteiger partial charge in [0.05, 0.1) is 22.5 Å². The zero-order chi connectivity index (χ0) is 14.0. The van der Waals surface area contributed by atoms with Crippen molar-refractivity contribution in [1.82, 2.24) is 0 Å². The number of aromatic carboxylic acids is 1. The van der Waals surface area contributed by atoms with Gasteiger partial charge in [-0.05, 0) is 37.6 Å². The average molecular weight is 258 g/mol. The minimum absolute atomic E-state index is 0.178. The number of carboxylic acids is 1. The molecule has 0 spiro atoms. The number of carbonyl (C=O) groups excluding carboxylic acids is 1. The highest BCUT2D eigenvalue weighted by molar-refractivity contribution is 6.29. The summed E-state index contributed by atoms with van der Waals surface area (Å²) < 4.78 is 0. The van der Waals surface area contributed by atoms with E-state index in [-0.39, 0.29) is 11.5 Å². The lowest BCUT2D eigenvalue weighted by Crippen LogP contribution is -2.21. The molecule has 0 bridgehead atoms. The number of anilines is 1. The van der Waals surface area contributed by atoms with Crippen molar-refractivity contribution in [2.75, 3.05) is 5.01 Å². The van der Waals surface area contributed by atoms with Crippen LogP contribution in [0.2, 0.25) is 0 Å². The van der Waals surface area contributed by atoms with Gasteiger partial charge in [-0.1, -0.05) is 13.0 Å². The summed E-state index contributed by atoms with van der Waals surface area (Å²) in [5.74, 6) is -1.17. The van der Waals surface area contributed by atoms with E-state index in [1.165, 1.54) is 17.1 Å². The van der Waals surface area contributed by atoms with Crippen LogP contribution in [0.25, 0.3) is 0 Å². The van der Waals surface area contributed by atoms with Gasteiger partial charge < -0.3 is 5.11 Å². The van der Waals surface area contributed by atoms with Gasteiger partial charge in [-0.2, -0.15) is 10.1 Å². The van der Waals surface area contributed by atoms with Crippen LogP contribution in [0.1, 0.15) is 30.6 Å². The normalized spacial score (nSPS) is 16.9. The molecule has 1 N–H and O–H groups in total. The Labute approximate surface area is 110 Å². The fourth-order valence-electron chi connectivity index (χ4n) is 1.88. The Hall–Kier alpha value is -2.43. The maximum Gasteiger partial charge on any atom is 0.335 e. The summed E-state index contributed by atoms with van der Waals surface area (Å²) in [6.07, 6.45) is 2.60. The summed E-state index contributed by atoms with van der Waals surface area (Å²) in [5, 5.41) is 14.3. The Morgan fingerprint density at radius 1 is 1.37 bits per heavy atom. The minimum Gasteiger partial charge on any atom is -0.478 e. The molecule has 0 saturated carbocycles. The molecule has 0 aromatic heterocycles. The molecule has 1 amide bonds. The summed E-state index contributed by atoms with van der Waals surface area (Å²) in [5.41, 5.74) is 2.02. The van der Waals surface area contributed by atoms with Gasteiger partial charge >= 0.3 is 5.97 Å². The van der Waals surface area contributed by atoms with Crippen LogP contribution in [0.3, 0.4) is 0 Å². The highest BCUT2D eigenvalue weighted by Crippen LogP contribution is 2.24. The summed E-state index contributed by atoms with van der Waals surface area (Å²) in [6.45, 7) is 3.74. The molecule has 0 aliphatic carbocycles. The quantitative estimate of drug-likeness (QED) is 0.846. The van der Waals surface area contributed by atoms with Gasteiger partial charge in [0.25, 0.3) is 5.91 Å². The Balaban J connectivity index is 2.31. The van der Waals surface area contributed by atoms with Crippen molar-refractivity contribution in [2.45, 2.75) is 20.3 Å². The number of allylic oxidation sites excluding steroid dienone is 1. The third-order valence-corrected chi connectivity index (χ3v) is 2.83. The molecular formula is C14H14N2O3. The van der Waals surface area contributed by atoms with Crippen LogP contribution in [0.4, 0.5) is 5.69 Å². The van der Waals surface area contributed by atoms with Crippen LogP contribution in [-0.2, 0) is 4.79 Å². The van der Waals surface area contributed by atoms with E-state index in [0.29, 0.717) is 17.0 Å². The van der Waals surface area contributed by atoms with Gasteiger partial charge in [-0.25, -0.2) is 4.79 Å². The molecule has 1 aromatic carbocycles. The molecule has 2 rings (SSSR count). The third-order valence-electron chi connectivity index (χ3n) is 2.83. The number of nitrogens with zero attached hydrogens (tertiary/aromatic N) is 2. The Kier molecular flexibility index (Phi) is 3.46. The first-order valence-electron chi connectivity index (χ1n) is 5.98. The van der Waals surface area contributed by atoms with E-state index in [1.54, 1.807) is 19.1 Å².